The number of halogens is 2. The monoisotopic (exact) mass is 589 g/mol. The standard InChI is InChI=1S/C29H25Cl2N7O3/c1-41-29(39)33-23-8-4-19(5-9-23)21-14-32-36(15-21)27(12-18-2-3-18)26-10-6-20(16-38(26)40)24-13-22(30)7-11-25(24)37-17-28(31)34-35-37/h4-11,13-18,27H,2-3,12H2,1H3,(H,33,39). The first-order chi connectivity index (χ1) is 19.9. The molecule has 1 aliphatic carbocycles. The van der Waals surface area contributed by atoms with E-state index < -0.39 is 6.09 Å². The SMILES string of the molecule is COC(=O)Nc1ccc(-c2cnn(C(CC3CC3)c3ccc(-c4cc(Cl)ccc4-n4cc(Cl)nn4)c[n+]3[O-])c2)cc1. The van der Waals surface area contributed by atoms with Crippen LogP contribution in [0.5, 0.6) is 0 Å². The summed E-state index contributed by atoms with van der Waals surface area (Å²) in [5.74, 6) is 0.549. The summed E-state index contributed by atoms with van der Waals surface area (Å²) in [6, 6.07) is 16.3. The first-order valence-corrected chi connectivity index (χ1v) is 13.7. The molecular formula is C29H25Cl2N7O3. The van der Waals surface area contributed by atoms with E-state index in [9.17, 15) is 10.0 Å². The predicted molar refractivity (Wildman–Crippen MR) is 155 cm³/mol. The molecule has 0 saturated heterocycles. The minimum Gasteiger partial charge on any atom is -0.618 e. The van der Waals surface area contributed by atoms with Gasteiger partial charge in [-0.05, 0) is 54.3 Å². The van der Waals surface area contributed by atoms with Crippen LogP contribution in [0.25, 0.3) is 27.9 Å². The van der Waals surface area contributed by atoms with Crippen molar-refractivity contribution in [3.8, 4) is 27.9 Å². The van der Waals surface area contributed by atoms with Gasteiger partial charge in [0.15, 0.2) is 11.3 Å². The number of rotatable bonds is 8. The van der Waals surface area contributed by atoms with Crippen LogP contribution in [-0.2, 0) is 4.74 Å². The van der Waals surface area contributed by atoms with Crippen LogP contribution in [-0.4, -0.2) is 38.0 Å². The van der Waals surface area contributed by atoms with Crippen molar-refractivity contribution in [2.75, 3.05) is 12.4 Å². The number of aromatic nitrogens is 6. The third kappa shape index (κ3) is 5.89. The average Bonchev–Trinajstić information content (AvgIpc) is 3.47. The molecule has 0 spiro atoms. The number of benzene rings is 2. The molecule has 1 atom stereocenters. The van der Waals surface area contributed by atoms with E-state index >= 15 is 0 Å². The van der Waals surface area contributed by atoms with Gasteiger partial charge in [0, 0.05) is 39.7 Å². The Hall–Kier alpha value is -4.41. The van der Waals surface area contributed by atoms with Crippen molar-refractivity contribution in [2.45, 2.75) is 25.3 Å². The van der Waals surface area contributed by atoms with Gasteiger partial charge in [0.1, 0.15) is 6.04 Å². The minimum absolute atomic E-state index is 0.240. The van der Waals surface area contributed by atoms with Crippen molar-refractivity contribution in [1.82, 2.24) is 24.8 Å². The molecule has 1 N–H and O–H groups in total. The Bertz CT molecular complexity index is 1710. The van der Waals surface area contributed by atoms with Crippen molar-refractivity contribution < 1.29 is 14.3 Å². The summed E-state index contributed by atoms with van der Waals surface area (Å²) in [7, 11) is 1.32. The quantitative estimate of drug-likeness (QED) is 0.168. The summed E-state index contributed by atoms with van der Waals surface area (Å²) >= 11 is 12.3. The molecule has 1 saturated carbocycles. The zero-order valence-electron chi connectivity index (χ0n) is 21.9. The van der Waals surface area contributed by atoms with E-state index in [1.54, 1.807) is 47.5 Å². The molecule has 1 unspecified atom stereocenters. The van der Waals surface area contributed by atoms with Crippen molar-refractivity contribution in [2.24, 2.45) is 5.92 Å². The van der Waals surface area contributed by atoms with Gasteiger partial charge in [0.05, 0.1) is 25.2 Å². The molecular weight excluding hydrogens is 565 g/mol. The first kappa shape index (κ1) is 26.8. The van der Waals surface area contributed by atoms with Crippen LogP contribution in [0.3, 0.4) is 0 Å². The van der Waals surface area contributed by atoms with Gasteiger partial charge in [-0.2, -0.15) is 9.83 Å². The van der Waals surface area contributed by atoms with Gasteiger partial charge in [-0.15, -0.1) is 5.10 Å². The fraction of sp³-hybridized carbons (Fsp3) is 0.207. The van der Waals surface area contributed by atoms with Crippen LogP contribution in [0.2, 0.25) is 10.2 Å². The number of hydrogen-bond donors (Lipinski definition) is 1. The number of pyridine rings is 1. The molecule has 41 heavy (non-hydrogen) atoms. The van der Waals surface area contributed by atoms with Gasteiger partial charge in [0.2, 0.25) is 5.69 Å². The number of methoxy groups -OCH3 is 1. The molecule has 1 amide bonds. The highest BCUT2D eigenvalue weighted by molar-refractivity contribution is 6.31. The Balaban J connectivity index is 1.31. The smallest absolute Gasteiger partial charge is 0.411 e. The lowest BCUT2D eigenvalue weighted by molar-refractivity contribution is -0.615. The predicted octanol–water partition coefficient (Wildman–Crippen LogP) is 6.31. The van der Waals surface area contributed by atoms with E-state index in [0.29, 0.717) is 33.6 Å². The molecule has 1 aliphatic rings. The Morgan fingerprint density at radius 3 is 2.56 bits per heavy atom. The molecule has 208 valence electrons. The second-order valence-corrected chi connectivity index (χ2v) is 10.7. The maximum atomic E-state index is 13.5. The molecule has 1 fully saturated rings. The van der Waals surface area contributed by atoms with Gasteiger partial charge < -0.3 is 9.94 Å². The maximum Gasteiger partial charge on any atom is 0.411 e. The lowest BCUT2D eigenvalue weighted by Crippen LogP contribution is -2.35. The van der Waals surface area contributed by atoms with E-state index in [1.165, 1.54) is 7.11 Å². The highest BCUT2D eigenvalue weighted by Crippen LogP contribution is 2.39. The Morgan fingerprint density at radius 1 is 1.10 bits per heavy atom. The Labute approximate surface area is 245 Å². The van der Waals surface area contributed by atoms with Crippen molar-refractivity contribution >= 4 is 35.0 Å². The third-order valence-corrected chi connectivity index (χ3v) is 7.50. The Kier molecular flexibility index (Phi) is 7.34. The zero-order chi connectivity index (χ0) is 28.5. The van der Waals surface area contributed by atoms with Crippen molar-refractivity contribution in [1.29, 1.82) is 0 Å². The van der Waals surface area contributed by atoms with Crippen LogP contribution >= 0.6 is 23.2 Å². The number of amides is 1. The van der Waals surface area contributed by atoms with Gasteiger partial charge in [-0.25, -0.2) is 9.48 Å². The normalized spacial score (nSPS) is 13.6. The summed E-state index contributed by atoms with van der Waals surface area (Å²) in [5.41, 5.74) is 5.16. The summed E-state index contributed by atoms with van der Waals surface area (Å²) in [4.78, 5) is 11.5. The first-order valence-electron chi connectivity index (χ1n) is 13.0. The summed E-state index contributed by atoms with van der Waals surface area (Å²) in [6.45, 7) is 0. The molecule has 3 aromatic heterocycles. The van der Waals surface area contributed by atoms with Gasteiger partial charge in [-0.1, -0.05) is 53.4 Å². The molecule has 6 rings (SSSR count). The van der Waals surface area contributed by atoms with Crippen molar-refractivity contribution in [3.05, 3.63) is 100 Å². The molecule has 3 heterocycles. The van der Waals surface area contributed by atoms with Gasteiger partial charge in [0.25, 0.3) is 0 Å². The molecule has 10 nitrogen and oxygen atoms in total. The van der Waals surface area contributed by atoms with Crippen LogP contribution < -0.4 is 10.0 Å². The largest absolute Gasteiger partial charge is 0.618 e. The molecule has 2 aromatic carbocycles. The molecule has 5 aromatic rings. The molecule has 0 bridgehead atoms. The molecule has 0 radical (unpaired) electrons. The molecule has 12 heteroatoms. The highest BCUT2D eigenvalue weighted by atomic mass is 35.5. The number of carbonyl (C=O) groups excluding carboxylic acids is 1. The number of hydrogen-bond acceptors (Lipinski definition) is 6. The lowest BCUT2D eigenvalue weighted by Gasteiger charge is -2.18. The van der Waals surface area contributed by atoms with Crippen molar-refractivity contribution in [3.63, 3.8) is 0 Å². The van der Waals surface area contributed by atoms with E-state index in [-0.39, 0.29) is 11.2 Å². The van der Waals surface area contributed by atoms with E-state index in [4.69, 9.17) is 23.2 Å². The summed E-state index contributed by atoms with van der Waals surface area (Å²) < 4.78 is 8.97. The third-order valence-electron chi connectivity index (χ3n) is 7.09. The minimum atomic E-state index is -0.528. The number of carbonyl (C=O) groups is 1. The second-order valence-electron chi connectivity index (χ2n) is 9.91. The average molecular weight is 590 g/mol. The number of nitrogens with zero attached hydrogens (tertiary/aromatic N) is 6. The number of ether oxygens (including phenoxy) is 1. The summed E-state index contributed by atoms with van der Waals surface area (Å²) in [6.07, 6.45) is 9.45. The fourth-order valence-electron chi connectivity index (χ4n) is 4.82. The van der Waals surface area contributed by atoms with E-state index in [0.717, 1.165) is 40.7 Å². The Morgan fingerprint density at radius 2 is 1.88 bits per heavy atom. The number of nitrogens with one attached hydrogen (secondary N) is 1. The molecule has 0 aliphatic heterocycles. The lowest BCUT2D eigenvalue weighted by atomic mass is 10.0. The summed E-state index contributed by atoms with van der Waals surface area (Å²) in [5, 5.41) is 29.5. The van der Waals surface area contributed by atoms with E-state index in [2.05, 4.69) is 25.5 Å². The van der Waals surface area contributed by atoms with Crippen LogP contribution in [0.1, 0.15) is 31.0 Å². The van der Waals surface area contributed by atoms with E-state index in [1.807, 2.05) is 41.2 Å². The zero-order valence-corrected chi connectivity index (χ0v) is 23.5. The highest BCUT2D eigenvalue weighted by Gasteiger charge is 2.32. The fourth-order valence-corrected chi connectivity index (χ4v) is 5.11. The van der Waals surface area contributed by atoms with Gasteiger partial charge >= 0.3 is 6.09 Å². The van der Waals surface area contributed by atoms with Crippen LogP contribution in [0, 0.1) is 11.1 Å². The number of anilines is 1. The second kappa shape index (κ2) is 11.2. The maximum absolute atomic E-state index is 13.5. The van der Waals surface area contributed by atoms with Gasteiger partial charge in [-0.3, -0.25) is 10.00 Å². The van der Waals surface area contributed by atoms with Crippen LogP contribution in [0.4, 0.5) is 10.5 Å². The van der Waals surface area contributed by atoms with Crippen LogP contribution in [0.15, 0.2) is 79.4 Å². The topological polar surface area (TPSA) is 114 Å².